The van der Waals surface area contributed by atoms with Gasteiger partial charge in [-0.3, -0.25) is 33.8 Å². The molecule has 0 saturated heterocycles. The van der Waals surface area contributed by atoms with E-state index in [1.165, 1.54) is 25.3 Å². The summed E-state index contributed by atoms with van der Waals surface area (Å²) in [4.78, 5) is 90.4. The number of aliphatic imine (C=N–C) groups is 1. The summed E-state index contributed by atoms with van der Waals surface area (Å²) < 4.78 is 37.2. The van der Waals surface area contributed by atoms with Gasteiger partial charge in [0.2, 0.25) is 23.6 Å². The van der Waals surface area contributed by atoms with Crippen LogP contribution in [-0.2, 0) is 35.2 Å². The van der Waals surface area contributed by atoms with Crippen molar-refractivity contribution < 1.29 is 61.7 Å². The number of carbonyl (C=O) groups is 7. The fourth-order valence-electron chi connectivity index (χ4n) is 4.51. The summed E-state index contributed by atoms with van der Waals surface area (Å²) in [6, 6.07) is 9.16. The summed E-state index contributed by atoms with van der Waals surface area (Å²) in [5.74, 6) is -8.28. The van der Waals surface area contributed by atoms with E-state index < -0.39 is 78.7 Å². The third kappa shape index (κ3) is 13.8. The van der Waals surface area contributed by atoms with Gasteiger partial charge in [0.1, 0.15) is 18.1 Å². The second-order valence-corrected chi connectivity index (χ2v) is 10.8. The van der Waals surface area contributed by atoms with Gasteiger partial charge in [-0.15, -0.1) is 0 Å². The third-order valence-electron chi connectivity index (χ3n) is 6.90. The Balaban J connectivity index is 0.00000121. The van der Waals surface area contributed by atoms with Gasteiger partial charge in [-0.05, 0) is 30.5 Å². The number of nitrogens with one attached hydrogen (secondary N) is 5. The Kier molecular flexibility index (Phi) is 15.8. The van der Waals surface area contributed by atoms with Crippen LogP contribution in [0.3, 0.4) is 0 Å². The summed E-state index contributed by atoms with van der Waals surface area (Å²) in [5, 5.41) is 29.0. The molecule has 2 bridgehead atoms. The average molecular weight is 739 g/mol. The molecule has 5 amide bonds. The number of ether oxygens (including phenoxy) is 1. The van der Waals surface area contributed by atoms with Gasteiger partial charge < -0.3 is 53.0 Å². The highest BCUT2D eigenvalue weighted by Crippen LogP contribution is 2.29. The number of anilines is 1. The lowest BCUT2D eigenvalue weighted by atomic mass is 10.0. The van der Waals surface area contributed by atoms with E-state index in [1.807, 2.05) is 0 Å². The summed E-state index contributed by atoms with van der Waals surface area (Å²) in [7, 11) is 1.29. The Morgan fingerprint density at radius 3 is 2.12 bits per heavy atom. The van der Waals surface area contributed by atoms with Gasteiger partial charge >= 0.3 is 18.1 Å². The number of halogens is 3. The number of fused-ring (bicyclic) bond motifs is 2. The monoisotopic (exact) mass is 738 g/mol. The molecule has 0 unspecified atom stereocenters. The number of carboxylic acids is 2. The van der Waals surface area contributed by atoms with Crippen molar-refractivity contribution in [1.82, 2.24) is 21.3 Å². The van der Waals surface area contributed by atoms with Gasteiger partial charge in [-0.25, -0.2) is 4.79 Å². The van der Waals surface area contributed by atoms with E-state index in [4.69, 9.17) is 26.1 Å². The predicted octanol–water partition coefficient (Wildman–Crippen LogP) is -0.764. The van der Waals surface area contributed by atoms with E-state index in [0.717, 1.165) is 0 Å². The lowest BCUT2D eigenvalue weighted by Gasteiger charge is -2.23. The average Bonchev–Trinajstić information content (AvgIpc) is 3.07. The third-order valence-corrected chi connectivity index (χ3v) is 6.90. The molecule has 0 saturated carbocycles. The van der Waals surface area contributed by atoms with Crippen molar-refractivity contribution in [2.75, 3.05) is 25.5 Å². The van der Waals surface area contributed by atoms with Crippen molar-refractivity contribution in [1.29, 1.82) is 0 Å². The summed E-state index contributed by atoms with van der Waals surface area (Å²) in [5.41, 5.74) is 11.5. The first-order valence-corrected chi connectivity index (χ1v) is 15.2. The number of rotatable bonds is 9. The number of hydrogen-bond donors (Lipinski definition) is 9. The number of nitrogens with zero attached hydrogens (tertiary/aromatic N) is 1. The van der Waals surface area contributed by atoms with E-state index in [1.54, 1.807) is 30.3 Å². The van der Waals surface area contributed by atoms with Crippen molar-refractivity contribution in [2.24, 2.45) is 16.5 Å². The molecule has 1 heterocycles. The van der Waals surface area contributed by atoms with Crippen molar-refractivity contribution in [3.63, 3.8) is 0 Å². The van der Waals surface area contributed by atoms with Crippen LogP contribution in [0.1, 0.15) is 35.2 Å². The van der Waals surface area contributed by atoms with Gasteiger partial charge in [0.25, 0.3) is 5.91 Å². The molecule has 0 fully saturated rings. The molecule has 52 heavy (non-hydrogen) atoms. The molecular weight excluding hydrogens is 701 g/mol. The Bertz CT molecular complexity index is 1650. The molecule has 0 aliphatic carbocycles. The molecule has 1 aliphatic rings. The Morgan fingerprint density at radius 2 is 1.54 bits per heavy atom. The van der Waals surface area contributed by atoms with Crippen molar-refractivity contribution in [2.45, 2.75) is 50.0 Å². The Hall–Kier alpha value is -6.41. The second kappa shape index (κ2) is 19.7. The highest BCUT2D eigenvalue weighted by Gasteiger charge is 2.38. The molecule has 2 aromatic rings. The van der Waals surface area contributed by atoms with Crippen LogP contribution in [0.15, 0.2) is 53.5 Å². The molecule has 282 valence electrons. The second-order valence-electron chi connectivity index (χ2n) is 10.8. The number of hydrogen-bond acceptors (Lipinski definition) is 9. The first-order chi connectivity index (χ1) is 24.4. The molecule has 21 heteroatoms. The van der Waals surface area contributed by atoms with E-state index >= 15 is 0 Å². The maximum Gasteiger partial charge on any atom is 0.490 e. The van der Waals surface area contributed by atoms with Crippen molar-refractivity contribution >= 4 is 53.1 Å². The van der Waals surface area contributed by atoms with Crippen molar-refractivity contribution in [3.8, 4) is 5.75 Å². The minimum Gasteiger partial charge on any atom is -0.494 e. The van der Waals surface area contributed by atoms with Gasteiger partial charge in [-0.1, -0.05) is 36.4 Å². The van der Waals surface area contributed by atoms with Gasteiger partial charge in [0.15, 0.2) is 11.7 Å². The molecule has 3 rings (SSSR count). The fourth-order valence-corrected chi connectivity index (χ4v) is 4.51. The largest absolute Gasteiger partial charge is 0.494 e. The molecular formula is C31H37F3N8O10. The number of para-hydroxylation sites is 1. The summed E-state index contributed by atoms with van der Waals surface area (Å²) in [6.45, 7) is -0.487. The van der Waals surface area contributed by atoms with E-state index in [-0.39, 0.29) is 48.8 Å². The zero-order valence-electron chi connectivity index (χ0n) is 27.5. The number of alkyl halides is 3. The van der Waals surface area contributed by atoms with Gasteiger partial charge in [0, 0.05) is 13.0 Å². The number of carboxylic acid groups (broad SMARTS) is 2. The molecule has 18 nitrogen and oxygen atoms in total. The Labute approximate surface area is 293 Å². The predicted molar refractivity (Wildman–Crippen MR) is 176 cm³/mol. The van der Waals surface area contributed by atoms with Crippen LogP contribution in [0, 0.1) is 0 Å². The molecule has 2 aromatic carbocycles. The van der Waals surface area contributed by atoms with E-state index in [2.05, 4.69) is 31.6 Å². The lowest BCUT2D eigenvalue weighted by molar-refractivity contribution is -0.192. The molecule has 1 aliphatic heterocycles. The van der Waals surface area contributed by atoms with Crippen LogP contribution < -0.4 is 42.8 Å². The standard InChI is InChI=1S/C29H36N8O8.C2HF3O2/c1-45-24-17-9-5-10-18(24)35-27(43)20(13-16-7-3-2-4-8-16)37-28(44)21(14-23(39)40)34-22(38)15-33-26(42)19(36-25(17)41)11-6-12-32-29(30)31;3-2(4,5)1(6)7/h2-5,7-10,19-21H,6,11-15H2,1H3,(H,33,42)(H,34,38)(H,35,43)(H,36,41)(H,37,44)(H,39,40)(H4,30,31,32);(H,6,7)/t19-,20+,21-;/m0./s1. The summed E-state index contributed by atoms with van der Waals surface area (Å²) >= 11 is 0. The van der Waals surface area contributed by atoms with E-state index in [9.17, 15) is 47.0 Å². The first-order valence-electron chi connectivity index (χ1n) is 15.2. The number of amides is 5. The smallest absolute Gasteiger partial charge is 0.490 e. The number of benzene rings is 2. The van der Waals surface area contributed by atoms with E-state index in [0.29, 0.717) is 5.56 Å². The molecule has 0 spiro atoms. The normalized spacial score (nSPS) is 18.4. The maximum atomic E-state index is 13.6. The van der Waals surface area contributed by atoms with Gasteiger partial charge in [-0.2, -0.15) is 13.2 Å². The highest BCUT2D eigenvalue weighted by molar-refractivity contribution is 6.05. The quantitative estimate of drug-likeness (QED) is 0.0872. The molecule has 0 aromatic heterocycles. The van der Waals surface area contributed by atoms with Crippen LogP contribution in [0.25, 0.3) is 0 Å². The number of guanidine groups is 1. The first kappa shape index (κ1) is 41.8. The Morgan fingerprint density at radius 1 is 0.885 bits per heavy atom. The highest BCUT2D eigenvalue weighted by atomic mass is 19.4. The van der Waals surface area contributed by atoms with Crippen LogP contribution >= 0.6 is 0 Å². The number of carbonyl (C=O) groups excluding carboxylic acids is 5. The molecule has 3 atom stereocenters. The zero-order valence-corrected chi connectivity index (χ0v) is 27.5. The topological polar surface area (TPSA) is 294 Å². The SMILES string of the molecule is COc1c2cccc1C(=O)N[C@@H](CCCN=C(N)N)C(=O)NCC(=O)N[C@@H](CC(=O)O)C(=O)N[C@H](Cc1ccccc1)C(=O)N2.O=C(O)C(F)(F)F. The van der Waals surface area contributed by atoms with Crippen LogP contribution in [0.5, 0.6) is 5.75 Å². The minimum absolute atomic E-state index is 0.00618. The maximum absolute atomic E-state index is 13.6. The number of methoxy groups -OCH3 is 1. The molecule has 0 radical (unpaired) electrons. The zero-order chi connectivity index (χ0) is 39.0. The number of nitrogens with two attached hydrogens (primary N) is 2. The van der Waals surface area contributed by atoms with Crippen LogP contribution in [0.2, 0.25) is 0 Å². The number of aliphatic carboxylic acids is 2. The fraction of sp³-hybridized carbons (Fsp3) is 0.355. The minimum atomic E-state index is -5.08. The lowest BCUT2D eigenvalue weighted by Crippen LogP contribution is -2.55. The summed E-state index contributed by atoms with van der Waals surface area (Å²) in [6.07, 6.45) is -5.53. The van der Waals surface area contributed by atoms with Crippen LogP contribution in [-0.4, -0.2) is 102 Å². The molecule has 11 N–H and O–H groups in total. The van der Waals surface area contributed by atoms with Crippen molar-refractivity contribution in [3.05, 3.63) is 59.7 Å². The van der Waals surface area contributed by atoms with Crippen LogP contribution in [0.4, 0.5) is 18.9 Å². The van der Waals surface area contributed by atoms with Gasteiger partial charge in [0.05, 0.1) is 31.3 Å².